The Morgan fingerprint density at radius 3 is 1.08 bits per heavy atom. The lowest BCUT2D eigenvalue weighted by atomic mass is 10.0. The number of hydroxylamine groups is 2. The molecule has 2 amide bonds. The fraction of sp³-hybridized carbons (Fsp3) is 0.450. The minimum Gasteiger partial charge on any atom is -0.396 e. The molecular formula is C60H77F3I3N9O15. The zero-order valence-corrected chi connectivity index (χ0v) is 58.8. The van der Waals surface area contributed by atoms with Gasteiger partial charge >= 0.3 is 17.1 Å². The number of carbonyl (C=O) groups is 3. The number of halogens is 6. The molecule has 0 bridgehead atoms. The van der Waals surface area contributed by atoms with Crippen LogP contribution in [-0.4, -0.2) is 101 Å². The fourth-order valence-corrected chi connectivity index (χ4v) is 9.49. The minimum absolute atomic E-state index is 0.000509. The normalized spacial score (nSPS) is 11.2. The van der Waals surface area contributed by atoms with Crippen LogP contribution in [0.5, 0.6) is 0 Å². The van der Waals surface area contributed by atoms with E-state index in [9.17, 15) is 56.3 Å². The van der Waals surface area contributed by atoms with Gasteiger partial charge in [-0.15, -0.1) is 0 Å². The highest BCUT2D eigenvalue weighted by atomic mass is 127. The Hall–Kier alpha value is -5.99. The lowest BCUT2D eigenvalue weighted by Gasteiger charge is -2.19. The van der Waals surface area contributed by atoms with Gasteiger partial charge in [0.05, 0.1) is 31.0 Å². The Kier molecular flexibility index (Phi) is 31.6. The Morgan fingerprint density at radius 1 is 0.489 bits per heavy atom. The number of ketones is 1. The maximum absolute atomic E-state index is 14.4. The molecule has 0 saturated heterocycles. The summed E-state index contributed by atoms with van der Waals surface area (Å²) in [5, 5.41) is 8.73. The molecule has 24 nitrogen and oxygen atoms in total. The summed E-state index contributed by atoms with van der Waals surface area (Å²) in [6.07, 6.45) is 1.46. The van der Waals surface area contributed by atoms with Crippen LogP contribution in [-0.2, 0) is 85.5 Å². The van der Waals surface area contributed by atoms with Crippen LogP contribution in [0.3, 0.4) is 0 Å². The summed E-state index contributed by atoms with van der Waals surface area (Å²) in [5.41, 5.74) is 0.608. The van der Waals surface area contributed by atoms with E-state index in [1.54, 1.807) is 36.4 Å². The average molecular weight is 1600 g/mol. The molecule has 90 heavy (non-hydrogen) atoms. The third kappa shape index (κ3) is 23.3. The molecular weight excluding hydrogens is 1520 g/mol. The number of benzene rings is 3. The van der Waals surface area contributed by atoms with E-state index in [1.165, 1.54) is 76.5 Å². The van der Waals surface area contributed by atoms with E-state index in [0.717, 1.165) is 28.3 Å². The zero-order chi connectivity index (χ0) is 68.1. The quantitative estimate of drug-likeness (QED) is 0.0284. The van der Waals surface area contributed by atoms with Crippen molar-refractivity contribution in [2.75, 3.05) is 39.6 Å². The molecule has 6 rings (SSSR count). The van der Waals surface area contributed by atoms with Gasteiger partial charge in [-0.25, -0.2) is 44.4 Å². The number of hydrogen-bond acceptors (Lipinski definition) is 16. The molecule has 0 spiro atoms. The molecule has 0 fully saturated rings. The molecule has 3 aromatic heterocycles. The van der Waals surface area contributed by atoms with Crippen LogP contribution in [0.25, 0.3) is 0 Å². The van der Waals surface area contributed by atoms with Crippen LogP contribution in [0.1, 0.15) is 133 Å². The predicted molar refractivity (Wildman–Crippen MR) is 356 cm³/mol. The van der Waals surface area contributed by atoms with Gasteiger partial charge in [-0.3, -0.25) is 65.8 Å². The zero-order valence-electron chi connectivity index (χ0n) is 52.4. The lowest BCUT2D eigenvalue weighted by Crippen LogP contribution is -2.44. The number of rotatable bonds is 22. The van der Waals surface area contributed by atoms with Gasteiger partial charge in [0.1, 0.15) is 34.1 Å². The Morgan fingerprint density at radius 2 is 0.789 bits per heavy atom. The molecule has 0 aliphatic rings. The highest BCUT2D eigenvalue weighted by Gasteiger charge is 2.26. The van der Waals surface area contributed by atoms with E-state index in [2.05, 4.69) is 15.8 Å². The second-order valence-corrected chi connectivity index (χ2v) is 25.7. The summed E-state index contributed by atoms with van der Waals surface area (Å²) in [6, 6.07) is 13.9. The molecule has 0 unspecified atom stereocenters. The van der Waals surface area contributed by atoms with Crippen LogP contribution in [0.15, 0.2) is 83.4 Å². The van der Waals surface area contributed by atoms with Crippen molar-refractivity contribution in [3.63, 3.8) is 0 Å². The first-order valence-electron chi connectivity index (χ1n) is 27.7. The summed E-state index contributed by atoms with van der Waals surface area (Å²) in [7, 11) is 8.15. The SMILES string of the molecule is CC(=O)c1c(Cc2ccc(I)cc2F)n(C)c(=O)n(C)c1=O.CC(C)(C)OCCCON.Cn1c(Cc2ccc(I)cc2F)c(C(=O)NOCCCO)c(=O)n(C)c1=O.Cn1c(Cc2ccc(I)cc2F)c(C(=O)NOCCCOC(C)(C)C)c(=O)n(C)c1=O. The minimum atomic E-state index is -0.843. The molecule has 5 N–H and O–H groups in total. The highest BCUT2D eigenvalue weighted by Crippen LogP contribution is 2.20. The predicted octanol–water partition coefficient (Wildman–Crippen LogP) is 5.45. The van der Waals surface area contributed by atoms with Crippen LogP contribution < -0.4 is 50.6 Å². The average Bonchev–Trinajstić information content (AvgIpc) is 1.19. The number of nitrogens with two attached hydrogens (primary N) is 1. The molecule has 0 radical (unpaired) electrons. The first kappa shape index (κ1) is 78.3. The van der Waals surface area contributed by atoms with E-state index >= 15 is 0 Å². The number of nitrogens with one attached hydrogen (secondary N) is 2. The summed E-state index contributed by atoms with van der Waals surface area (Å²) in [4.78, 5) is 126. The highest BCUT2D eigenvalue weighted by molar-refractivity contribution is 14.1. The van der Waals surface area contributed by atoms with Crippen LogP contribution in [0.2, 0.25) is 0 Å². The van der Waals surface area contributed by atoms with Gasteiger partial charge in [0.2, 0.25) is 0 Å². The van der Waals surface area contributed by atoms with Gasteiger partial charge in [0.25, 0.3) is 28.5 Å². The standard InChI is InChI=1S/C21H27FIN3O5.C17H19FIN3O5.C15H14FIN2O3.C7H17NO2/c1-21(2,3)30-9-6-10-31-24-18(27)17-16(25(4)20(29)26(5)19(17)28)11-13-7-8-14(23)12-15(13)22;1-21-13(8-10-4-5-11(19)9-12(10)18)14(16(25)22(2)17(21)26)15(24)20-27-7-3-6-23;1-8(20)13-12(18(2)15(22)19(3)14(13)21)6-9-4-5-10(17)7-11(9)16;1-7(2,3)9-5-4-6-10-8/h7-8,12H,6,9-11H2,1-5H3,(H,24,27);4-5,9,23H,3,6-8H2,1-2H3,(H,20,24);4-5,7H,6H2,1-3H3;4-6,8H2,1-3H3. The smallest absolute Gasteiger partial charge is 0.330 e. The topological polar surface area (TPSA) is 300 Å². The Labute approximate surface area is 558 Å². The number of ether oxygens (including phenoxy) is 2. The van der Waals surface area contributed by atoms with E-state index < -0.39 is 68.8 Å². The van der Waals surface area contributed by atoms with Crippen molar-refractivity contribution in [3.05, 3.63) is 196 Å². The summed E-state index contributed by atoms with van der Waals surface area (Å²) >= 11 is 5.94. The van der Waals surface area contributed by atoms with Gasteiger partial charge in [0, 0.05) is 109 Å². The van der Waals surface area contributed by atoms with Gasteiger partial charge < -0.3 is 19.4 Å². The number of hydrogen-bond donors (Lipinski definition) is 4. The second kappa shape index (κ2) is 36.3. The Balaban J connectivity index is 0.000000331. The number of carbonyl (C=O) groups excluding carboxylic acids is 3. The molecule has 0 saturated carbocycles. The van der Waals surface area contributed by atoms with Crippen molar-refractivity contribution in [1.29, 1.82) is 0 Å². The van der Waals surface area contributed by atoms with Gasteiger partial charge in [-0.05, 0) is 189 Å². The number of aliphatic hydroxyl groups excluding tert-OH is 1. The second-order valence-electron chi connectivity index (χ2n) is 22.0. The number of amides is 2. The van der Waals surface area contributed by atoms with Gasteiger partial charge in [-0.1, -0.05) is 18.2 Å². The van der Waals surface area contributed by atoms with Gasteiger partial charge in [-0.2, -0.15) is 0 Å². The van der Waals surface area contributed by atoms with Crippen LogP contribution in [0, 0.1) is 28.2 Å². The molecule has 6 aromatic rings. The molecule has 3 aromatic carbocycles. The molecule has 494 valence electrons. The number of Topliss-reactive ketones (excluding diaryl/α,β-unsaturated/α-hetero) is 1. The third-order valence-electron chi connectivity index (χ3n) is 12.9. The molecule has 30 heteroatoms. The summed E-state index contributed by atoms with van der Waals surface area (Å²) < 4.78 is 61.8. The third-order valence-corrected chi connectivity index (χ3v) is 14.9. The van der Waals surface area contributed by atoms with Crippen LogP contribution in [0.4, 0.5) is 13.2 Å². The first-order valence-corrected chi connectivity index (χ1v) is 31.0. The van der Waals surface area contributed by atoms with E-state index in [1.807, 2.05) is 109 Å². The maximum atomic E-state index is 14.4. The maximum Gasteiger partial charge on any atom is 0.330 e. The largest absolute Gasteiger partial charge is 0.396 e. The van der Waals surface area contributed by atoms with Gasteiger partial charge in [0.15, 0.2) is 5.78 Å². The van der Waals surface area contributed by atoms with Crippen molar-refractivity contribution in [2.24, 2.45) is 48.2 Å². The number of aromatic nitrogens is 6. The fourth-order valence-electron chi connectivity index (χ4n) is 8.13. The van der Waals surface area contributed by atoms with Crippen molar-refractivity contribution in [3.8, 4) is 0 Å². The Bertz CT molecular complexity index is 3890. The van der Waals surface area contributed by atoms with E-state index in [-0.39, 0.29) is 95.2 Å². The molecule has 0 atom stereocenters. The van der Waals surface area contributed by atoms with Crippen molar-refractivity contribution >= 4 is 85.4 Å². The monoisotopic (exact) mass is 1600 g/mol. The number of aliphatic hydroxyl groups is 1. The van der Waals surface area contributed by atoms with E-state index in [0.29, 0.717) is 45.4 Å². The lowest BCUT2D eigenvalue weighted by molar-refractivity contribution is -0.0234. The van der Waals surface area contributed by atoms with Crippen molar-refractivity contribution < 1.29 is 56.6 Å². The van der Waals surface area contributed by atoms with Crippen molar-refractivity contribution in [1.82, 2.24) is 38.4 Å². The van der Waals surface area contributed by atoms with Crippen LogP contribution >= 0.6 is 67.8 Å². The molecule has 3 heterocycles. The first-order chi connectivity index (χ1) is 42.0. The summed E-state index contributed by atoms with van der Waals surface area (Å²) in [5.74, 6) is 1.32. The van der Waals surface area contributed by atoms with Crippen molar-refractivity contribution in [2.45, 2.75) is 98.2 Å². The van der Waals surface area contributed by atoms with E-state index in [4.69, 9.17) is 30.2 Å². The number of nitrogens with zero attached hydrogens (tertiary/aromatic N) is 6. The molecule has 0 aliphatic carbocycles. The molecule has 0 aliphatic heterocycles. The summed E-state index contributed by atoms with van der Waals surface area (Å²) in [6.45, 7) is 15.0.